The van der Waals surface area contributed by atoms with Crippen LogP contribution in [-0.4, -0.2) is 17.8 Å². The third kappa shape index (κ3) is 3.15. The summed E-state index contributed by atoms with van der Waals surface area (Å²) < 4.78 is 0. The molecule has 0 aromatic heterocycles. The Bertz CT molecular complexity index is 1150. The topological polar surface area (TPSA) is 77.5 Å². The summed E-state index contributed by atoms with van der Waals surface area (Å²) in [6.07, 6.45) is 7.34. The van der Waals surface area contributed by atoms with Gasteiger partial charge in [-0.2, -0.15) is 0 Å². The summed E-state index contributed by atoms with van der Waals surface area (Å²) >= 11 is 0. The first-order chi connectivity index (χ1) is 16.6. The minimum atomic E-state index is -0.927. The van der Waals surface area contributed by atoms with E-state index in [0.717, 1.165) is 32.1 Å². The van der Waals surface area contributed by atoms with Crippen molar-refractivity contribution in [2.24, 2.45) is 51.8 Å². The fraction of sp³-hybridized carbons (Fsp3) is 0.633. The second-order valence-corrected chi connectivity index (χ2v) is 12.8. The van der Waals surface area contributed by atoms with Gasteiger partial charge in [-0.25, -0.2) is 0 Å². The fourth-order valence-corrected chi connectivity index (χ4v) is 9.78. The number of rotatable bonds is 3. The van der Waals surface area contributed by atoms with E-state index >= 15 is 0 Å². The van der Waals surface area contributed by atoms with E-state index in [9.17, 15) is 19.5 Å². The largest absolute Gasteiger partial charge is 1.00 e. The molecule has 36 heavy (non-hydrogen) atoms. The second kappa shape index (κ2) is 8.54. The van der Waals surface area contributed by atoms with Gasteiger partial charge in [0.25, 0.3) is 0 Å². The van der Waals surface area contributed by atoms with Crippen molar-refractivity contribution >= 4 is 23.5 Å². The molecule has 6 aliphatic rings. The summed E-state index contributed by atoms with van der Waals surface area (Å²) in [4.78, 5) is 41.9. The Balaban J connectivity index is 0.00000267. The van der Waals surface area contributed by atoms with E-state index in [1.807, 2.05) is 37.3 Å². The summed E-state index contributed by atoms with van der Waals surface area (Å²) in [7, 11) is 0. The normalized spacial score (nSPS) is 42.9. The molecule has 1 saturated heterocycles. The number of carbonyl (C=O) groups excluding carboxylic acids is 3. The standard InChI is InChI=1S/C30H37NO4.Na/c1-17(2)20-16-30-14-11-21-28(3,12-8-13-29(21,4)27(34)35)22(30)15-19(20)23-24(30)26(33)31(25(23)32)18-9-6-5-7-10-18;/h5-7,9-10,16-17,19,21-24H,8,11-15H2,1-4H3,(H,34,35);/q;+1/p-1. The molecule has 7 rings (SSSR count). The number of hydrogen-bond donors (Lipinski definition) is 0. The maximum absolute atomic E-state index is 14.1. The zero-order valence-corrected chi connectivity index (χ0v) is 24.3. The van der Waals surface area contributed by atoms with Crippen molar-refractivity contribution in [2.75, 3.05) is 4.90 Å². The number of aliphatic carboxylic acids is 1. The van der Waals surface area contributed by atoms with Crippen molar-refractivity contribution in [2.45, 2.75) is 66.2 Å². The predicted octanol–water partition coefficient (Wildman–Crippen LogP) is 1.37. The third-order valence-corrected chi connectivity index (χ3v) is 11.2. The van der Waals surface area contributed by atoms with Crippen molar-refractivity contribution in [3.8, 4) is 0 Å². The van der Waals surface area contributed by atoms with Crippen molar-refractivity contribution in [3.63, 3.8) is 0 Å². The Morgan fingerprint density at radius 1 is 1.03 bits per heavy atom. The third-order valence-electron chi connectivity index (χ3n) is 11.2. The number of nitrogens with zero attached hydrogens (tertiary/aromatic N) is 1. The molecule has 8 atom stereocenters. The molecule has 1 aliphatic heterocycles. The molecule has 5 aliphatic carbocycles. The minimum absolute atomic E-state index is 0. The maximum atomic E-state index is 14.1. The van der Waals surface area contributed by atoms with Gasteiger partial charge in [0.05, 0.1) is 17.5 Å². The Morgan fingerprint density at radius 2 is 1.72 bits per heavy atom. The van der Waals surface area contributed by atoms with Gasteiger partial charge < -0.3 is 9.90 Å². The van der Waals surface area contributed by atoms with E-state index < -0.39 is 11.4 Å². The molecule has 6 heteroatoms. The molecule has 3 saturated carbocycles. The average Bonchev–Trinajstić information content (AvgIpc) is 3.11. The Morgan fingerprint density at radius 3 is 2.36 bits per heavy atom. The van der Waals surface area contributed by atoms with Gasteiger partial charge in [0.2, 0.25) is 11.8 Å². The molecule has 4 fully saturated rings. The van der Waals surface area contributed by atoms with Crippen LogP contribution >= 0.6 is 0 Å². The van der Waals surface area contributed by atoms with Gasteiger partial charge in [0.15, 0.2) is 0 Å². The molecular formula is C30H36NNaO4. The van der Waals surface area contributed by atoms with Gasteiger partial charge in [-0.15, -0.1) is 0 Å². The fourth-order valence-electron chi connectivity index (χ4n) is 9.78. The van der Waals surface area contributed by atoms with Crippen LogP contribution in [0.1, 0.15) is 66.2 Å². The molecule has 1 heterocycles. The summed E-state index contributed by atoms with van der Waals surface area (Å²) in [6.45, 7) is 8.58. The van der Waals surface area contributed by atoms with Crippen LogP contribution in [0, 0.1) is 51.8 Å². The number of carboxylic acid groups (broad SMARTS) is 1. The first-order valence-electron chi connectivity index (χ1n) is 13.4. The van der Waals surface area contributed by atoms with E-state index in [0.29, 0.717) is 18.0 Å². The van der Waals surface area contributed by atoms with Crippen LogP contribution < -0.4 is 39.6 Å². The molecule has 0 N–H and O–H groups in total. The number of amides is 2. The van der Waals surface area contributed by atoms with Crippen LogP contribution in [0.5, 0.6) is 0 Å². The zero-order valence-electron chi connectivity index (χ0n) is 22.3. The number of allylic oxidation sites excluding steroid dienone is 2. The molecular weight excluding hydrogens is 461 g/mol. The van der Waals surface area contributed by atoms with E-state index in [1.165, 1.54) is 10.5 Å². The summed E-state index contributed by atoms with van der Waals surface area (Å²) in [5.41, 5.74) is 0.597. The van der Waals surface area contributed by atoms with E-state index in [4.69, 9.17) is 0 Å². The SMILES string of the molecule is CC(C)C1=CC23CCC4C(C)(C(=O)[O-])CCCC4(C)C2CC1C1C(=O)N(c2ccccc2)C(=O)C13.[Na+]. The number of anilines is 1. The smallest absolute Gasteiger partial charge is 0.550 e. The maximum Gasteiger partial charge on any atom is 1.00 e. The molecule has 2 amide bonds. The first-order valence-corrected chi connectivity index (χ1v) is 13.4. The van der Waals surface area contributed by atoms with Crippen molar-refractivity contribution in [1.29, 1.82) is 0 Å². The van der Waals surface area contributed by atoms with E-state index in [1.54, 1.807) is 0 Å². The van der Waals surface area contributed by atoms with E-state index in [2.05, 4.69) is 26.8 Å². The Labute approximate surface area is 236 Å². The number of fused-ring (bicyclic) bond motifs is 1. The van der Waals surface area contributed by atoms with Gasteiger partial charge in [-0.3, -0.25) is 14.5 Å². The predicted molar refractivity (Wildman–Crippen MR) is 131 cm³/mol. The average molecular weight is 498 g/mol. The first kappa shape index (κ1) is 26.2. The van der Waals surface area contributed by atoms with Crippen LogP contribution in [0.25, 0.3) is 0 Å². The molecule has 0 radical (unpaired) electrons. The minimum Gasteiger partial charge on any atom is -0.550 e. The number of carboxylic acids is 1. The molecule has 8 unspecified atom stereocenters. The molecule has 186 valence electrons. The number of benzene rings is 1. The monoisotopic (exact) mass is 497 g/mol. The number of hydrogen-bond acceptors (Lipinski definition) is 4. The molecule has 5 nitrogen and oxygen atoms in total. The number of imide groups is 1. The van der Waals surface area contributed by atoms with Crippen molar-refractivity contribution in [1.82, 2.24) is 0 Å². The molecule has 2 bridgehead atoms. The second-order valence-electron chi connectivity index (χ2n) is 12.8. The zero-order chi connectivity index (χ0) is 24.9. The van der Waals surface area contributed by atoms with Gasteiger partial charge in [0, 0.05) is 16.8 Å². The quantitative estimate of drug-likeness (QED) is 0.359. The Hall–Kier alpha value is -1.43. The van der Waals surface area contributed by atoms with Crippen LogP contribution in [0.3, 0.4) is 0 Å². The Kier molecular flexibility index (Phi) is 6.21. The van der Waals surface area contributed by atoms with Gasteiger partial charge in [-0.05, 0) is 73.3 Å². The number of para-hydroxylation sites is 1. The number of carbonyl (C=O) groups is 3. The molecule has 1 aromatic carbocycles. The summed E-state index contributed by atoms with van der Waals surface area (Å²) in [6, 6.07) is 9.36. The van der Waals surface area contributed by atoms with Crippen LogP contribution in [0.4, 0.5) is 5.69 Å². The van der Waals surface area contributed by atoms with Crippen LogP contribution in [0.2, 0.25) is 0 Å². The summed E-state index contributed by atoms with van der Waals surface area (Å²) in [5.74, 6) is -1.08. The van der Waals surface area contributed by atoms with Gasteiger partial charge >= 0.3 is 29.6 Å². The van der Waals surface area contributed by atoms with Crippen molar-refractivity contribution < 1.29 is 49.0 Å². The summed E-state index contributed by atoms with van der Waals surface area (Å²) in [5, 5.41) is 12.4. The van der Waals surface area contributed by atoms with Gasteiger partial charge in [-0.1, -0.05) is 64.0 Å². The van der Waals surface area contributed by atoms with Crippen molar-refractivity contribution in [3.05, 3.63) is 42.0 Å². The van der Waals surface area contributed by atoms with Crippen LogP contribution in [0.15, 0.2) is 42.0 Å². The van der Waals surface area contributed by atoms with Crippen LogP contribution in [-0.2, 0) is 14.4 Å². The van der Waals surface area contributed by atoms with Gasteiger partial charge in [0.1, 0.15) is 0 Å². The molecule has 1 aromatic rings. The van der Waals surface area contributed by atoms with E-state index in [-0.39, 0.29) is 81.8 Å². The molecule has 1 spiro atoms.